The topological polar surface area (TPSA) is 85.8 Å². The molecule has 1 rings (SSSR count). The molecule has 1 heterocycles. The number of hydrogen-bond acceptors (Lipinski definition) is 4. The first-order valence-corrected chi connectivity index (χ1v) is 6.22. The summed E-state index contributed by atoms with van der Waals surface area (Å²) in [6, 6.07) is 0. The van der Waals surface area contributed by atoms with E-state index in [1.165, 1.54) is 6.33 Å². The van der Waals surface area contributed by atoms with Crippen LogP contribution in [-0.4, -0.2) is 32.2 Å². The van der Waals surface area contributed by atoms with Crippen LogP contribution in [0.4, 0.5) is 0 Å². The highest BCUT2D eigenvalue weighted by molar-refractivity contribution is 7.80. The van der Waals surface area contributed by atoms with Gasteiger partial charge in [-0.2, -0.15) is 5.10 Å². The maximum Gasteiger partial charge on any atom is 0.217 e. The van der Waals surface area contributed by atoms with Crippen molar-refractivity contribution in [2.45, 2.75) is 26.3 Å². The number of hydrogen-bond donors (Lipinski definition) is 2. The van der Waals surface area contributed by atoms with Gasteiger partial charge in [0.15, 0.2) is 0 Å². The Morgan fingerprint density at radius 2 is 2.44 bits per heavy atom. The van der Waals surface area contributed by atoms with E-state index in [1.807, 2.05) is 13.3 Å². The summed E-state index contributed by atoms with van der Waals surface area (Å²) >= 11 is 5.14. The lowest BCUT2D eigenvalue weighted by atomic mass is 10.0. The lowest BCUT2D eigenvalue weighted by Crippen LogP contribution is -2.27. The summed E-state index contributed by atoms with van der Waals surface area (Å²) in [6.45, 7) is 3.47. The van der Waals surface area contributed by atoms with Crippen molar-refractivity contribution in [1.29, 1.82) is 0 Å². The van der Waals surface area contributed by atoms with Gasteiger partial charge in [0.2, 0.25) is 5.91 Å². The maximum absolute atomic E-state index is 10.7. The van der Waals surface area contributed by atoms with Gasteiger partial charge in [0, 0.05) is 25.9 Å². The van der Waals surface area contributed by atoms with Gasteiger partial charge in [0.25, 0.3) is 0 Å². The Labute approximate surface area is 112 Å². The molecule has 0 saturated carbocycles. The minimum atomic E-state index is -0.312. The largest absolute Gasteiger partial charge is 0.379 e. The van der Waals surface area contributed by atoms with E-state index < -0.39 is 0 Å². The van der Waals surface area contributed by atoms with Gasteiger partial charge in [0.1, 0.15) is 12.7 Å². The van der Waals surface area contributed by atoms with Gasteiger partial charge < -0.3 is 11.1 Å². The second kappa shape index (κ2) is 7.75. The van der Waals surface area contributed by atoms with Crippen LogP contribution < -0.4 is 11.1 Å². The standard InChI is InChI=1S/C11H18N5OS/c1-9(5-10(12)17)6-11(18)14-3-2-4-16-8-13-7-15-16/h6-9H,2-5H2,1H3,(H2,12,17)(H,14,18)/t9-/m1/s1. The molecule has 1 amide bonds. The summed E-state index contributed by atoms with van der Waals surface area (Å²) in [5, 5.41) is 7.11. The van der Waals surface area contributed by atoms with Crippen LogP contribution in [0.1, 0.15) is 19.8 Å². The third kappa shape index (κ3) is 6.29. The number of thiocarbonyl (C=S) groups is 1. The molecule has 1 radical (unpaired) electrons. The van der Waals surface area contributed by atoms with E-state index in [-0.39, 0.29) is 11.8 Å². The molecule has 0 aliphatic heterocycles. The van der Waals surface area contributed by atoms with Crippen LogP contribution in [0.3, 0.4) is 0 Å². The zero-order valence-corrected chi connectivity index (χ0v) is 11.2. The van der Waals surface area contributed by atoms with Gasteiger partial charge >= 0.3 is 0 Å². The molecule has 99 valence electrons. The van der Waals surface area contributed by atoms with Crippen molar-refractivity contribution in [1.82, 2.24) is 20.1 Å². The van der Waals surface area contributed by atoms with Gasteiger partial charge in [0.05, 0.1) is 4.99 Å². The molecule has 6 nitrogen and oxygen atoms in total. The molecule has 0 fully saturated rings. The van der Waals surface area contributed by atoms with Gasteiger partial charge in [-0.3, -0.25) is 9.48 Å². The molecule has 0 saturated heterocycles. The molecule has 1 atom stereocenters. The van der Waals surface area contributed by atoms with Gasteiger partial charge in [-0.05, 0) is 12.3 Å². The van der Waals surface area contributed by atoms with E-state index >= 15 is 0 Å². The average molecular weight is 268 g/mol. The molecule has 0 aliphatic carbocycles. The Hall–Kier alpha value is -1.50. The number of amides is 1. The van der Waals surface area contributed by atoms with E-state index in [9.17, 15) is 4.79 Å². The number of nitrogens with zero attached hydrogens (tertiary/aromatic N) is 3. The van der Waals surface area contributed by atoms with Crippen molar-refractivity contribution in [3.8, 4) is 0 Å². The normalized spacial score (nSPS) is 12.1. The van der Waals surface area contributed by atoms with Crippen molar-refractivity contribution in [2.75, 3.05) is 6.54 Å². The molecule has 3 N–H and O–H groups in total. The number of carbonyl (C=O) groups excluding carboxylic acids is 1. The minimum Gasteiger partial charge on any atom is -0.379 e. The lowest BCUT2D eigenvalue weighted by Gasteiger charge is -2.11. The molecule has 0 spiro atoms. The fourth-order valence-electron chi connectivity index (χ4n) is 1.49. The van der Waals surface area contributed by atoms with Crippen molar-refractivity contribution >= 4 is 23.1 Å². The molecular weight excluding hydrogens is 250 g/mol. The van der Waals surface area contributed by atoms with Gasteiger partial charge in [-0.15, -0.1) is 0 Å². The highest BCUT2D eigenvalue weighted by Crippen LogP contribution is 2.05. The second-order valence-corrected chi connectivity index (χ2v) is 4.56. The Morgan fingerprint density at radius 1 is 1.67 bits per heavy atom. The van der Waals surface area contributed by atoms with Crippen LogP contribution in [0.5, 0.6) is 0 Å². The number of carbonyl (C=O) groups is 1. The summed E-state index contributed by atoms with van der Waals surface area (Å²) < 4.78 is 1.77. The first kappa shape index (κ1) is 14.6. The molecular formula is C11H18N5OS. The molecule has 0 aliphatic rings. The van der Waals surface area contributed by atoms with E-state index in [2.05, 4.69) is 15.4 Å². The smallest absolute Gasteiger partial charge is 0.217 e. The first-order chi connectivity index (χ1) is 8.58. The number of aryl methyl sites for hydroxylation is 1. The fraction of sp³-hybridized carbons (Fsp3) is 0.545. The van der Waals surface area contributed by atoms with Gasteiger partial charge in [-0.1, -0.05) is 19.1 Å². The maximum atomic E-state index is 10.7. The van der Waals surface area contributed by atoms with Crippen molar-refractivity contribution in [2.24, 2.45) is 11.7 Å². The predicted octanol–water partition coefficient (Wildman–Crippen LogP) is 0.301. The summed E-state index contributed by atoms with van der Waals surface area (Å²) in [5.41, 5.74) is 5.11. The fourth-order valence-corrected chi connectivity index (χ4v) is 1.83. The molecule has 0 aromatic carbocycles. The monoisotopic (exact) mass is 268 g/mol. The summed E-state index contributed by atoms with van der Waals surface area (Å²) in [4.78, 5) is 15.2. The zero-order valence-electron chi connectivity index (χ0n) is 10.4. The third-order valence-corrected chi connectivity index (χ3v) is 2.57. The van der Waals surface area contributed by atoms with Crippen LogP contribution in [0, 0.1) is 12.3 Å². The third-order valence-electron chi connectivity index (χ3n) is 2.29. The molecule has 7 heteroatoms. The second-order valence-electron chi connectivity index (χ2n) is 4.12. The summed E-state index contributed by atoms with van der Waals surface area (Å²) in [7, 11) is 0. The van der Waals surface area contributed by atoms with E-state index in [1.54, 1.807) is 11.0 Å². The highest BCUT2D eigenvalue weighted by atomic mass is 32.1. The number of primary amides is 1. The van der Waals surface area contributed by atoms with E-state index in [0.29, 0.717) is 11.4 Å². The highest BCUT2D eigenvalue weighted by Gasteiger charge is 2.09. The van der Waals surface area contributed by atoms with E-state index in [0.717, 1.165) is 19.5 Å². The summed E-state index contributed by atoms with van der Waals surface area (Å²) in [6.07, 6.45) is 6.26. The predicted molar refractivity (Wildman–Crippen MR) is 72.5 cm³/mol. The molecule has 18 heavy (non-hydrogen) atoms. The van der Waals surface area contributed by atoms with Gasteiger partial charge in [-0.25, -0.2) is 4.98 Å². The summed E-state index contributed by atoms with van der Waals surface area (Å²) in [5.74, 6) is -0.245. The SMILES string of the molecule is C[C@@H]([CH]C(=S)NCCCn1cncn1)CC(N)=O. The van der Waals surface area contributed by atoms with E-state index in [4.69, 9.17) is 18.0 Å². The van der Waals surface area contributed by atoms with Crippen molar-refractivity contribution in [3.63, 3.8) is 0 Å². The molecule has 0 unspecified atom stereocenters. The Kier molecular flexibility index (Phi) is 6.27. The Morgan fingerprint density at radius 3 is 3.06 bits per heavy atom. The number of nitrogens with one attached hydrogen (secondary N) is 1. The average Bonchev–Trinajstić information content (AvgIpc) is 2.75. The zero-order chi connectivity index (χ0) is 13.4. The van der Waals surface area contributed by atoms with Crippen molar-refractivity contribution in [3.05, 3.63) is 19.1 Å². The first-order valence-electron chi connectivity index (χ1n) is 5.81. The molecule has 1 aromatic heterocycles. The number of aromatic nitrogens is 3. The molecule has 1 aromatic rings. The Balaban J connectivity index is 2.08. The minimum absolute atomic E-state index is 0.0674. The van der Waals surface area contributed by atoms with Crippen LogP contribution in [0.25, 0.3) is 0 Å². The lowest BCUT2D eigenvalue weighted by molar-refractivity contribution is -0.118. The van der Waals surface area contributed by atoms with Crippen molar-refractivity contribution < 1.29 is 4.79 Å². The molecule has 0 bridgehead atoms. The van der Waals surface area contributed by atoms with Crippen LogP contribution in [-0.2, 0) is 11.3 Å². The number of nitrogens with two attached hydrogens (primary N) is 1. The Bertz CT molecular complexity index is 379. The van der Waals surface area contributed by atoms with Crippen LogP contribution >= 0.6 is 12.2 Å². The number of rotatable bonds is 8. The quantitative estimate of drug-likeness (QED) is 0.523. The van der Waals surface area contributed by atoms with Crippen LogP contribution in [0.2, 0.25) is 0 Å². The van der Waals surface area contributed by atoms with Crippen LogP contribution in [0.15, 0.2) is 12.7 Å².